The molecule has 0 bridgehead atoms. The molecule has 2 aliphatic heterocycles. The Labute approximate surface area is 293 Å². The van der Waals surface area contributed by atoms with Gasteiger partial charge in [-0.25, -0.2) is 44.3 Å². The molecule has 23 nitrogen and oxygen atoms in total. The van der Waals surface area contributed by atoms with Crippen LogP contribution in [0.2, 0.25) is 0 Å². The third-order valence-corrected chi connectivity index (χ3v) is 8.72. The standard InChI is InChI=1S/C29H38N12O11/c1-12-17(43)19(45)25(51-12)40-10-35-15-21(31-8-33-23(15)40)38-28(48)30-6-4-3-5-13(27(47)50-2)37-29(49)39-22-16-24(34-9-32-22)41(11-36-16)26-20(46)18(44)14(7-42)52-26/h8-14,17-20,25-26,42-46H,3-7H2,1-2H3,(H2,30,31,33,38,48)(H2,32,34,37,39,49). The number of carbonyl (C=O) groups excluding carboxylic acids is 3. The highest BCUT2D eigenvalue weighted by molar-refractivity contribution is 5.97. The second-order valence-electron chi connectivity index (χ2n) is 12.1. The molecule has 280 valence electrons. The highest BCUT2D eigenvalue weighted by atomic mass is 16.6. The summed E-state index contributed by atoms with van der Waals surface area (Å²) >= 11 is 0. The minimum atomic E-state index is -1.38. The molecule has 2 aliphatic rings. The van der Waals surface area contributed by atoms with Crippen LogP contribution in [0, 0.1) is 0 Å². The summed E-state index contributed by atoms with van der Waals surface area (Å²) in [6.45, 7) is 1.31. The molecule has 4 amide bonds. The number of anilines is 2. The molecule has 2 fully saturated rings. The Morgan fingerprint density at radius 2 is 1.38 bits per heavy atom. The van der Waals surface area contributed by atoms with Gasteiger partial charge in [0.15, 0.2) is 46.4 Å². The fourth-order valence-corrected chi connectivity index (χ4v) is 5.95. The van der Waals surface area contributed by atoms with E-state index in [0.717, 1.165) is 6.33 Å². The number of imidazole rings is 2. The van der Waals surface area contributed by atoms with Gasteiger partial charge in [0, 0.05) is 6.54 Å². The number of nitrogens with one attached hydrogen (secondary N) is 4. The number of nitrogens with zero attached hydrogens (tertiary/aromatic N) is 8. The maximum absolute atomic E-state index is 12.9. The molecule has 6 heterocycles. The molecule has 9 N–H and O–H groups in total. The highest BCUT2D eigenvalue weighted by Crippen LogP contribution is 2.33. The number of hydrogen-bond donors (Lipinski definition) is 9. The van der Waals surface area contributed by atoms with Gasteiger partial charge in [0.1, 0.15) is 49.2 Å². The van der Waals surface area contributed by atoms with E-state index >= 15 is 0 Å². The van der Waals surface area contributed by atoms with Crippen molar-refractivity contribution in [3.63, 3.8) is 0 Å². The van der Waals surface area contributed by atoms with E-state index < -0.39 is 79.8 Å². The fourth-order valence-electron chi connectivity index (χ4n) is 5.95. The molecule has 52 heavy (non-hydrogen) atoms. The van der Waals surface area contributed by atoms with Gasteiger partial charge in [0.2, 0.25) is 0 Å². The number of rotatable bonds is 12. The summed E-state index contributed by atoms with van der Waals surface area (Å²) < 4.78 is 18.8. The van der Waals surface area contributed by atoms with Crippen molar-refractivity contribution in [2.24, 2.45) is 0 Å². The molecule has 2 saturated heterocycles. The Balaban J connectivity index is 0.992. The molecule has 0 radical (unpaired) electrons. The first kappa shape index (κ1) is 36.6. The van der Waals surface area contributed by atoms with E-state index in [4.69, 9.17) is 14.2 Å². The number of methoxy groups -OCH3 is 1. The largest absolute Gasteiger partial charge is 0.467 e. The van der Waals surface area contributed by atoms with Crippen LogP contribution in [0.3, 0.4) is 0 Å². The molecule has 0 aliphatic carbocycles. The number of aromatic nitrogens is 8. The third kappa shape index (κ3) is 7.27. The summed E-state index contributed by atoms with van der Waals surface area (Å²) in [7, 11) is 1.18. The van der Waals surface area contributed by atoms with Gasteiger partial charge < -0.3 is 50.4 Å². The van der Waals surface area contributed by atoms with Crippen LogP contribution < -0.4 is 21.3 Å². The maximum Gasteiger partial charge on any atom is 0.328 e. The van der Waals surface area contributed by atoms with E-state index in [1.807, 2.05) is 0 Å². The minimum absolute atomic E-state index is 0.0163. The zero-order valence-corrected chi connectivity index (χ0v) is 27.8. The lowest BCUT2D eigenvalue weighted by Gasteiger charge is -2.17. The molecule has 4 aromatic rings. The quantitative estimate of drug-likeness (QED) is 0.0555. The predicted octanol–water partition coefficient (Wildman–Crippen LogP) is -2.13. The summed E-state index contributed by atoms with van der Waals surface area (Å²) in [5, 5.41) is 60.7. The molecule has 9 unspecified atom stereocenters. The van der Waals surface area contributed by atoms with E-state index in [9.17, 15) is 39.9 Å². The molecule has 9 atom stereocenters. The maximum atomic E-state index is 12.9. The lowest BCUT2D eigenvalue weighted by atomic mass is 10.1. The number of carbonyl (C=O) groups is 3. The third-order valence-electron chi connectivity index (χ3n) is 8.72. The van der Waals surface area contributed by atoms with Crippen molar-refractivity contribution in [2.45, 2.75) is 81.3 Å². The van der Waals surface area contributed by atoms with E-state index in [-0.39, 0.29) is 46.9 Å². The van der Waals surface area contributed by atoms with Crippen LogP contribution in [-0.4, -0.2) is 146 Å². The number of fused-ring (bicyclic) bond motifs is 2. The molecular weight excluding hydrogens is 692 g/mol. The molecule has 0 saturated carbocycles. The number of ether oxygens (including phenoxy) is 3. The molecule has 6 rings (SSSR count). The molecule has 23 heteroatoms. The normalized spacial score (nSPS) is 26.4. The SMILES string of the molecule is COC(=O)C(CCCCNC(=O)Nc1ncnc2c1ncn2C1OC(C)C(O)C1O)NC(=O)Nc1ncnc2c1ncn2C1OC(CO)C(O)C1O. The zero-order chi connectivity index (χ0) is 37.1. The van der Waals surface area contributed by atoms with Gasteiger partial charge in [-0.3, -0.25) is 19.8 Å². The summed E-state index contributed by atoms with van der Waals surface area (Å²) in [5.74, 6) is -0.610. The van der Waals surface area contributed by atoms with Crippen molar-refractivity contribution >= 4 is 52.0 Å². The topological polar surface area (TPSA) is 315 Å². The summed E-state index contributed by atoms with van der Waals surface area (Å²) in [6, 6.07) is -2.44. The minimum Gasteiger partial charge on any atom is -0.467 e. The lowest BCUT2D eigenvalue weighted by molar-refractivity contribution is -0.143. The Bertz CT molecular complexity index is 1910. The van der Waals surface area contributed by atoms with E-state index in [1.54, 1.807) is 6.92 Å². The summed E-state index contributed by atoms with van der Waals surface area (Å²) in [5.41, 5.74) is 0.799. The number of hydrogen-bond acceptors (Lipinski definition) is 17. The predicted molar refractivity (Wildman–Crippen MR) is 174 cm³/mol. The van der Waals surface area contributed by atoms with Crippen molar-refractivity contribution in [1.29, 1.82) is 0 Å². The first-order chi connectivity index (χ1) is 25.0. The number of amides is 4. The number of urea groups is 2. The van der Waals surface area contributed by atoms with Crippen LogP contribution in [0.5, 0.6) is 0 Å². The van der Waals surface area contributed by atoms with E-state index in [1.165, 1.54) is 35.2 Å². The molecule has 0 spiro atoms. The fraction of sp³-hybridized carbons (Fsp3) is 0.552. The second-order valence-corrected chi connectivity index (χ2v) is 12.1. The Morgan fingerprint density at radius 3 is 1.92 bits per heavy atom. The van der Waals surface area contributed by atoms with E-state index in [0.29, 0.717) is 12.8 Å². The van der Waals surface area contributed by atoms with Crippen molar-refractivity contribution in [3.05, 3.63) is 25.3 Å². The van der Waals surface area contributed by atoms with Gasteiger partial charge >= 0.3 is 18.0 Å². The van der Waals surface area contributed by atoms with Crippen LogP contribution >= 0.6 is 0 Å². The van der Waals surface area contributed by atoms with Gasteiger partial charge in [0.25, 0.3) is 0 Å². The van der Waals surface area contributed by atoms with Gasteiger partial charge in [0.05, 0.1) is 32.5 Å². The number of aliphatic hydroxyl groups excluding tert-OH is 5. The van der Waals surface area contributed by atoms with Crippen LogP contribution in [0.1, 0.15) is 38.6 Å². The average Bonchev–Trinajstić information content (AvgIpc) is 3.89. The number of esters is 1. The van der Waals surface area contributed by atoms with Crippen molar-refractivity contribution in [1.82, 2.24) is 49.7 Å². The second kappa shape index (κ2) is 15.6. The van der Waals surface area contributed by atoms with Gasteiger partial charge in [-0.05, 0) is 26.2 Å². The van der Waals surface area contributed by atoms with E-state index in [2.05, 4.69) is 51.2 Å². The van der Waals surface area contributed by atoms with Gasteiger partial charge in [-0.2, -0.15) is 0 Å². The lowest BCUT2D eigenvalue weighted by Crippen LogP contribution is -2.43. The van der Waals surface area contributed by atoms with Gasteiger partial charge in [-0.1, -0.05) is 0 Å². The summed E-state index contributed by atoms with van der Waals surface area (Å²) in [4.78, 5) is 62.9. The van der Waals surface area contributed by atoms with Crippen LogP contribution in [0.15, 0.2) is 25.3 Å². The Kier molecular flexibility index (Phi) is 11.0. The summed E-state index contributed by atoms with van der Waals surface area (Å²) in [6.07, 6.45) is -2.73. The van der Waals surface area contributed by atoms with Gasteiger partial charge in [-0.15, -0.1) is 0 Å². The monoisotopic (exact) mass is 730 g/mol. The van der Waals surface area contributed by atoms with Crippen LogP contribution in [-0.2, 0) is 19.0 Å². The Hall–Kier alpha value is -5.17. The number of aliphatic hydroxyl groups is 5. The van der Waals surface area contributed by atoms with Crippen molar-refractivity contribution in [2.75, 3.05) is 30.9 Å². The van der Waals surface area contributed by atoms with Crippen molar-refractivity contribution in [3.8, 4) is 0 Å². The first-order valence-electron chi connectivity index (χ1n) is 16.2. The average molecular weight is 731 g/mol. The van der Waals surface area contributed by atoms with Crippen molar-refractivity contribution < 1.29 is 54.1 Å². The first-order valence-corrected chi connectivity index (χ1v) is 16.2. The Morgan fingerprint density at radius 1 is 0.808 bits per heavy atom. The number of unbranched alkanes of at least 4 members (excludes halogenated alkanes) is 1. The molecule has 0 aromatic carbocycles. The molecular formula is C29H38N12O11. The van der Waals surface area contributed by atoms with Crippen LogP contribution in [0.25, 0.3) is 22.3 Å². The highest BCUT2D eigenvalue weighted by Gasteiger charge is 2.44. The molecule has 4 aromatic heterocycles. The van der Waals surface area contributed by atoms with Crippen LogP contribution in [0.4, 0.5) is 21.2 Å². The smallest absolute Gasteiger partial charge is 0.328 e. The zero-order valence-electron chi connectivity index (χ0n) is 27.8.